The highest BCUT2D eigenvalue weighted by molar-refractivity contribution is 6.35. The van der Waals surface area contributed by atoms with Crippen LogP contribution in [0.3, 0.4) is 0 Å². The van der Waals surface area contributed by atoms with Crippen LogP contribution in [0.15, 0.2) is 118 Å². The van der Waals surface area contributed by atoms with E-state index in [4.69, 9.17) is 26.0 Å². The lowest BCUT2D eigenvalue weighted by molar-refractivity contribution is 0.595. The molecular weight excluding hydrogens is 490 g/mol. The average molecular weight is 514 g/mol. The molecule has 1 aromatic heterocycles. The predicted molar refractivity (Wildman–Crippen MR) is 156 cm³/mol. The SMILES string of the molecule is Clc1ccc(C2N=C(c3ccccc3)NC(c3ccc(-c4ccccc4)cc3)=N2)c2c3c(oc12)C=CCC3. The summed E-state index contributed by atoms with van der Waals surface area (Å²) in [5, 5.41) is 5.14. The molecule has 1 N–H and O–H groups in total. The predicted octanol–water partition coefficient (Wildman–Crippen LogP) is 8.21. The third-order valence-electron chi connectivity index (χ3n) is 7.11. The molecule has 5 heteroatoms. The van der Waals surface area contributed by atoms with Crippen molar-refractivity contribution in [1.29, 1.82) is 0 Å². The largest absolute Gasteiger partial charge is 0.455 e. The van der Waals surface area contributed by atoms with Gasteiger partial charge in [0.15, 0.2) is 11.7 Å². The molecular formula is C33H24ClN3O. The van der Waals surface area contributed by atoms with Gasteiger partial charge in [-0.25, -0.2) is 9.98 Å². The maximum Gasteiger partial charge on any atom is 0.170 e. The van der Waals surface area contributed by atoms with Crippen LogP contribution in [0.5, 0.6) is 0 Å². The first kappa shape index (κ1) is 22.8. The Balaban J connectivity index is 1.36. The second kappa shape index (κ2) is 9.47. The molecule has 7 rings (SSSR count). The Hall–Kier alpha value is -4.41. The third kappa shape index (κ3) is 4.04. The van der Waals surface area contributed by atoms with Crippen LogP contribution in [0.4, 0.5) is 0 Å². The number of aliphatic imine (C=N–C) groups is 2. The minimum atomic E-state index is -0.442. The number of rotatable bonds is 4. The molecule has 1 atom stereocenters. The van der Waals surface area contributed by atoms with Gasteiger partial charge in [0.2, 0.25) is 0 Å². The lowest BCUT2D eigenvalue weighted by Crippen LogP contribution is -2.36. The first-order valence-corrected chi connectivity index (χ1v) is 13.2. The monoisotopic (exact) mass is 513 g/mol. The van der Waals surface area contributed by atoms with Crippen molar-refractivity contribution in [3.05, 3.63) is 136 Å². The van der Waals surface area contributed by atoms with Crippen molar-refractivity contribution in [3.8, 4) is 11.1 Å². The van der Waals surface area contributed by atoms with Gasteiger partial charge < -0.3 is 9.73 Å². The Kier molecular flexibility index (Phi) is 5.67. The van der Waals surface area contributed by atoms with Crippen molar-refractivity contribution < 1.29 is 4.42 Å². The van der Waals surface area contributed by atoms with Crippen LogP contribution in [-0.4, -0.2) is 11.7 Å². The molecule has 38 heavy (non-hydrogen) atoms. The van der Waals surface area contributed by atoms with E-state index in [0.717, 1.165) is 57.9 Å². The molecule has 5 aromatic rings. The quantitative estimate of drug-likeness (QED) is 0.263. The van der Waals surface area contributed by atoms with Gasteiger partial charge >= 0.3 is 0 Å². The van der Waals surface area contributed by atoms with Gasteiger partial charge in [0.1, 0.15) is 17.4 Å². The zero-order valence-corrected chi connectivity index (χ0v) is 21.3. The fourth-order valence-electron chi connectivity index (χ4n) is 5.22. The number of aryl methyl sites for hydroxylation is 1. The Morgan fingerprint density at radius 1 is 0.711 bits per heavy atom. The van der Waals surface area contributed by atoms with Gasteiger partial charge in [-0.2, -0.15) is 0 Å². The lowest BCUT2D eigenvalue weighted by Gasteiger charge is -2.23. The smallest absolute Gasteiger partial charge is 0.170 e. The van der Waals surface area contributed by atoms with Crippen LogP contribution in [0, 0.1) is 0 Å². The highest BCUT2D eigenvalue weighted by Crippen LogP contribution is 2.41. The van der Waals surface area contributed by atoms with Gasteiger partial charge in [0.05, 0.1) is 5.02 Å². The minimum Gasteiger partial charge on any atom is -0.455 e. The first-order valence-electron chi connectivity index (χ1n) is 12.8. The number of amidine groups is 2. The molecule has 1 unspecified atom stereocenters. The Labute approximate surface area is 226 Å². The molecule has 4 nitrogen and oxygen atoms in total. The molecule has 1 aliphatic carbocycles. The van der Waals surface area contributed by atoms with Gasteiger partial charge in [0.25, 0.3) is 0 Å². The van der Waals surface area contributed by atoms with Crippen molar-refractivity contribution in [2.24, 2.45) is 9.98 Å². The van der Waals surface area contributed by atoms with E-state index in [0.29, 0.717) is 10.6 Å². The summed E-state index contributed by atoms with van der Waals surface area (Å²) in [6.07, 6.45) is 5.62. The van der Waals surface area contributed by atoms with Crippen LogP contribution in [-0.2, 0) is 6.42 Å². The Morgan fingerprint density at radius 2 is 1.32 bits per heavy atom. The molecule has 0 saturated heterocycles. The summed E-state index contributed by atoms with van der Waals surface area (Å²) in [4.78, 5) is 10.2. The van der Waals surface area contributed by atoms with E-state index in [2.05, 4.69) is 72.1 Å². The molecule has 0 amide bonds. The Morgan fingerprint density at radius 3 is 2.03 bits per heavy atom. The average Bonchev–Trinajstić information content (AvgIpc) is 3.39. The number of nitrogens with zero attached hydrogens (tertiary/aromatic N) is 2. The summed E-state index contributed by atoms with van der Waals surface area (Å²) in [5.41, 5.74) is 7.24. The minimum absolute atomic E-state index is 0.442. The van der Waals surface area contributed by atoms with Crippen LogP contribution < -0.4 is 5.32 Å². The van der Waals surface area contributed by atoms with E-state index >= 15 is 0 Å². The number of hydrogen-bond acceptors (Lipinski definition) is 4. The third-order valence-corrected chi connectivity index (χ3v) is 7.41. The van der Waals surface area contributed by atoms with Gasteiger partial charge in [0, 0.05) is 27.6 Å². The maximum atomic E-state index is 6.60. The first-order chi connectivity index (χ1) is 18.7. The Bertz CT molecular complexity index is 1730. The molecule has 0 radical (unpaired) electrons. The van der Waals surface area contributed by atoms with Crippen molar-refractivity contribution in [2.75, 3.05) is 0 Å². The van der Waals surface area contributed by atoms with Crippen molar-refractivity contribution in [1.82, 2.24) is 5.32 Å². The van der Waals surface area contributed by atoms with Crippen molar-refractivity contribution in [3.63, 3.8) is 0 Å². The summed E-state index contributed by atoms with van der Waals surface area (Å²) < 4.78 is 6.20. The van der Waals surface area contributed by atoms with E-state index in [1.54, 1.807) is 0 Å². The molecule has 4 aromatic carbocycles. The fourth-order valence-corrected chi connectivity index (χ4v) is 5.42. The highest BCUT2D eigenvalue weighted by Gasteiger charge is 2.26. The van der Waals surface area contributed by atoms with Crippen molar-refractivity contribution >= 4 is 40.3 Å². The van der Waals surface area contributed by atoms with Gasteiger partial charge in [-0.1, -0.05) is 109 Å². The number of fused-ring (bicyclic) bond motifs is 3. The molecule has 2 aliphatic rings. The lowest BCUT2D eigenvalue weighted by atomic mass is 9.96. The number of halogens is 1. The van der Waals surface area contributed by atoms with Gasteiger partial charge in [-0.15, -0.1) is 0 Å². The fraction of sp³-hybridized carbons (Fsp3) is 0.0909. The second-order valence-corrected chi connectivity index (χ2v) is 9.90. The molecule has 2 heterocycles. The number of allylic oxidation sites excluding steroid dienone is 1. The van der Waals surface area contributed by atoms with Crippen LogP contribution >= 0.6 is 11.6 Å². The summed E-state index contributed by atoms with van der Waals surface area (Å²) in [5.74, 6) is 2.44. The van der Waals surface area contributed by atoms with E-state index in [1.165, 1.54) is 11.1 Å². The summed E-state index contributed by atoms with van der Waals surface area (Å²) >= 11 is 6.60. The number of nitrogens with one attached hydrogen (secondary N) is 1. The number of benzene rings is 4. The van der Waals surface area contributed by atoms with E-state index in [9.17, 15) is 0 Å². The molecule has 0 saturated carbocycles. The summed E-state index contributed by atoms with van der Waals surface area (Å²) in [6.45, 7) is 0. The normalized spacial score (nSPS) is 16.5. The van der Waals surface area contributed by atoms with E-state index in [-0.39, 0.29) is 0 Å². The maximum absolute atomic E-state index is 6.60. The molecule has 184 valence electrons. The number of hydrogen-bond donors (Lipinski definition) is 1. The van der Waals surface area contributed by atoms with Gasteiger partial charge in [-0.05, 0) is 36.1 Å². The van der Waals surface area contributed by atoms with E-state index < -0.39 is 6.17 Å². The zero-order valence-electron chi connectivity index (χ0n) is 20.6. The highest BCUT2D eigenvalue weighted by atomic mass is 35.5. The summed E-state index contributed by atoms with van der Waals surface area (Å²) in [7, 11) is 0. The van der Waals surface area contributed by atoms with Crippen LogP contribution in [0.1, 0.15) is 40.6 Å². The molecule has 0 fully saturated rings. The zero-order chi connectivity index (χ0) is 25.5. The topological polar surface area (TPSA) is 49.9 Å². The summed E-state index contributed by atoms with van der Waals surface area (Å²) in [6, 6.07) is 33.0. The van der Waals surface area contributed by atoms with E-state index in [1.807, 2.05) is 42.5 Å². The molecule has 0 bridgehead atoms. The van der Waals surface area contributed by atoms with Crippen LogP contribution in [0.2, 0.25) is 5.02 Å². The van der Waals surface area contributed by atoms with Crippen LogP contribution in [0.25, 0.3) is 28.2 Å². The standard InChI is InChI=1S/C33H24ClN3O/c34-27-20-19-26(29-25-13-7-8-14-28(25)38-30(27)29)33-36-31(23-11-5-2-6-12-23)35-32(37-33)24-17-15-22(16-18-24)21-9-3-1-4-10-21/h1-6,8-12,14-20,33H,7,13H2,(H,35,36,37). The second-order valence-electron chi connectivity index (χ2n) is 9.49. The molecule has 1 aliphatic heterocycles. The molecule has 0 spiro atoms. The number of furan rings is 1. The van der Waals surface area contributed by atoms with Gasteiger partial charge in [-0.3, -0.25) is 0 Å². The van der Waals surface area contributed by atoms with Crippen molar-refractivity contribution in [2.45, 2.75) is 19.0 Å².